The third-order valence-corrected chi connectivity index (χ3v) is 3.30. The van der Waals surface area contributed by atoms with E-state index in [1.54, 1.807) is 0 Å². The smallest absolute Gasteiger partial charge is 0.0474 e. The molecule has 2 atom stereocenters. The van der Waals surface area contributed by atoms with Gasteiger partial charge in [0.05, 0.1) is 0 Å². The van der Waals surface area contributed by atoms with Crippen LogP contribution in [0.1, 0.15) is 51.9 Å². The summed E-state index contributed by atoms with van der Waals surface area (Å²) in [6.45, 7) is 3.66. The van der Waals surface area contributed by atoms with Gasteiger partial charge in [-0.15, -0.1) is 0 Å². The Morgan fingerprint density at radius 3 is 2.50 bits per heavy atom. The first-order chi connectivity index (χ1) is 6.88. The van der Waals surface area contributed by atoms with Crippen LogP contribution in [0.4, 0.5) is 0 Å². The zero-order valence-corrected chi connectivity index (χ0v) is 9.47. The summed E-state index contributed by atoms with van der Waals surface area (Å²) in [5.41, 5.74) is 0. The van der Waals surface area contributed by atoms with Gasteiger partial charge in [0.15, 0.2) is 0 Å². The van der Waals surface area contributed by atoms with Gasteiger partial charge in [-0.2, -0.15) is 0 Å². The van der Waals surface area contributed by atoms with Crippen molar-refractivity contribution in [2.24, 2.45) is 5.92 Å². The van der Waals surface area contributed by atoms with Gasteiger partial charge < -0.3 is 10.4 Å². The molecule has 0 heterocycles. The third kappa shape index (κ3) is 3.97. The molecule has 0 aromatic rings. The fraction of sp³-hybridized carbons (Fsp3) is 1.00. The molecule has 0 aromatic heterocycles. The lowest BCUT2D eigenvalue weighted by Gasteiger charge is -2.28. The molecule has 0 bridgehead atoms. The van der Waals surface area contributed by atoms with Gasteiger partial charge >= 0.3 is 0 Å². The van der Waals surface area contributed by atoms with Crippen molar-refractivity contribution < 1.29 is 5.11 Å². The molecule has 0 aromatic carbocycles. The van der Waals surface area contributed by atoms with Crippen LogP contribution in [0.3, 0.4) is 0 Å². The summed E-state index contributed by atoms with van der Waals surface area (Å²) in [6, 6.07) is 0.570. The normalized spacial score (nSPS) is 29.6. The molecule has 0 radical (unpaired) electrons. The minimum atomic E-state index is 0.362. The summed E-state index contributed by atoms with van der Waals surface area (Å²) in [4.78, 5) is 0. The minimum absolute atomic E-state index is 0.362. The second-order valence-corrected chi connectivity index (χ2v) is 4.49. The standard InChI is InChI=1S/C12H25NO/c1-2-9-13-12-8-6-4-3-5-7-11(12)10-14/h11-14H,2-10H2,1H3. The molecule has 1 fully saturated rings. The molecule has 14 heavy (non-hydrogen) atoms. The van der Waals surface area contributed by atoms with Crippen LogP contribution in [-0.4, -0.2) is 24.3 Å². The maximum Gasteiger partial charge on any atom is 0.0474 e. The summed E-state index contributed by atoms with van der Waals surface area (Å²) in [7, 11) is 0. The second-order valence-electron chi connectivity index (χ2n) is 4.49. The summed E-state index contributed by atoms with van der Waals surface area (Å²) in [5.74, 6) is 0.502. The van der Waals surface area contributed by atoms with Crippen molar-refractivity contribution in [2.75, 3.05) is 13.2 Å². The Bertz CT molecular complexity index is 136. The molecule has 2 nitrogen and oxygen atoms in total. The van der Waals surface area contributed by atoms with E-state index in [0.717, 1.165) is 6.54 Å². The molecular formula is C12H25NO. The Kier molecular flexibility index (Phi) is 6.20. The zero-order valence-electron chi connectivity index (χ0n) is 9.47. The first-order valence-electron chi connectivity index (χ1n) is 6.22. The van der Waals surface area contributed by atoms with Crippen LogP contribution in [0.15, 0.2) is 0 Å². The first-order valence-corrected chi connectivity index (χ1v) is 6.22. The quantitative estimate of drug-likeness (QED) is 0.728. The van der Waals surface area contributed by atoms with Crippen LogP contribution in [-0.2, 0) is 0 Å². The predicted octanol–water partition coefficient (Wildman–Crippen LogP) is 2.32. The van der Waals surface area contributed by atoms with Crippen molar-refractivity contribution in [1.29, 1.82) is 0 Å². The summed E-state index contributed by atoms with van der Waals surface area (Å²) >= 11 is 0. The molecule has 1 aliphatic rings. The zero-order chi connectivity index (χ0) is 10.2. The first kappa shape index (κ1) is 12.0. The van der Waals surface area contributed by atoms with E-state index in [1.165, 1.54) is 44.9 Å². The Labute approximate surface area is 88.1 Å². The number of hydrogen-bond acceptors (Lipinski definition) is 2. The maximum absolute atomic E-state index is 9.34. The third-order valence-electron chi connectivity index (χ3n) is 3.30. The highest BCUT2D eigenvalue weighted by molar-refractivity contribution is 4.77. The van der Waals surface area contributed by atoms with Gasteiger partial charge in [0.1, 0.15) is 0 Å². The SMILES string of the molecule is CCCNC1CCCCCCC1CO. The number of aliphatic hydroxyl groups is 1. The Morgan fingerprint density at radius 1 is 1.14 bits per heavy atom. The van der Waals surface area contributed by atoms with E-state index >= 15 is 0 Å². The number of rotatable bonds is 4. The molecule has 2 unspecified atom stereocenters. The van der Waals surface area contributed by atoms with Crippen LogP contribution in [0.25, 0.3) is 0 Å². The fourth-order valence-corrected chi connectivity index (χ4v) is 2.38. The highest BCUT2D eigenvalue weighted by Crippen LogP contribution is 2.22. The summed E-state index contributed by atoms with van der Waals surface area (Å²) in [5, 5.41) is 12.9. The molecule has 2 N–H and O–H groups in total. The molecule has 1 saturated carbocycles. The number of hydrogen-bond donors (Lipinski definition) is 2. The minimum Gasteiger partial charge on any atom is -0.396 e. The Balaban J connectivity index is 2.37. The lowest BCUT2D eigenvalue weighted by Crippen LogP contribution is -2.39. The monoisotopic (exact) mass is 199 g/mol. The van der Waals surface area contributed by atoms with Crippen LogP contribution < -0.4 is 5.32 Å². The molecule has 0 saturated heterocycles. The molecular weight excluding hydrogens is 174 g/mol. The van der Waals surface area contributed by atoms with E-state index in [4.69, 9.17) is 0 Å². The van der Waals surface area contributed by atoms with Crippen molar-refractivity contribution in [2.45, 2.75) is 57.9 Å². The lowest BCUT2D eigenvalue weighted by molar-refractivity contribution is 0.165. The van der Waals surface area contributed by atoms with Gasteiger partial charge in [0, 0.05) is 12.6 Å². The molecule has 2 heteroatoms. The summed E-state index contributed by atoms with van der Waals surface area (Å²) < 4.78 is 0. The van der Waals surface area contributed by atoms with Crippen molar-refractivity contribution in [3.8, 4) is 0 Å². The molecule has 1 aliphatic carbocycles. The molecule has 84 valence electrons. The van der Waals surface area contributed by atoms with E-state index in [0.29, 0.717) is 18.6 Å². The number of nitrogens with one attached hydrogen (secondary N) is 1. The average Bonchev–Trinajstić information content (AvgIpc) is 2.17. The van der Waals surface area contributed by atoms with Crippen molar-refractivity contribution in [1.82, 2.24) is 5.32 Å². The van der Waals surface area contributed by atoms with Crippen molar-refractivity contribution in [3.63, 3.8) is 0 Å². The van der Waals surface area contributed by atoms with Gasteiger partial charge in [-0.3, -0.25) is 0 Å². The molecule has 0 amide bonds. The van der Waals surface area contributed by atoms with E-state index < -0.39 is 0 Å². The number of aliphatic hydroxyl groups excluding tert-OH is 1. The van der Waals surface area contributed by atoms with Crippen LogP contribution in [0, 0.1) is 5.92 Å². The van der Waals surface area contributed by atoms with E-state index in [2.05, 4.69) is 12.2 Å². The van der Waals surface area contributed by atoms with Crippen molar-refractivity contribution in [3.05, 3.63) is 0 Å². The maximum atomic E-state index is 9.34. The Hall–Kier alpha value is -0.0800. The predicted molar refractivity (Wildman–Crippen MR) is 60.4 cm³/mol. The van der Waals surface area contributed by atoms with Crippen LogP contribution in [0.5, 0.6) is 0 Å². The van der Waals surface area contributed by atoms with Crippen molar-refractivity contribution >= 4 is 0 Å². The Morgan fingerprint density at radius 2 is 1.86 bits per heavy atom. The van der Waals surface area contributed by atoms with Crippen LogP contribution in [0.2, 0.25) is 0 Å². The average molecular weight is 199 g/mol. The topological polar surface area (TPSA) is 32.3 Å². The van der Waals surface area contributed by atoms with E-state index in [9.17, 15) is 5.11 Å². The lowest BCUT2D eigenvalue weighted by atomic mass is 9.87. The largest absolute Gasteiger partial charge is 0.396 e. The van der Waals surface area contributed by atoms with Gasteiger partial charge in [0.25, 0.3) is 0 Å². The van der Waals surface area contributed by atoms with E-state index in [-0.39, 0.29) is 0 Å². The van der Waals surface area contributed by atoms with E-state index in [1.807, 2.05) is 0 Å². The second kappa shape index (κ2) is 7.24. The summed E-state index contributed by atoms with van der Waals surface area (Å²) in [6.07, 6.45) is 9.02. The van der Waals surface area contributed by atoms with Gasteiger partial charge in [-0.25, -0.2) is 0 Å². The molecule has 0 aliphatic heterocycles. The van der Waals surface area contributed by atoms with Gasteiger partial charge in [-0.1, -0.05) is 32.6 Å². The molecule has 0 spiro atoms. The fourth-order valence-electron chi connectivity index (χ4n) is 2.38. The highest BCUT2D eigenvalue weighted by atomic mass is 16.3. The molecule has 1 rings (SSSR count). The van der Waals surface area contributed by atoms with Gasteiger partial charge in [0.2, 0.25) is 0 Å². The highest BCUT2D eigenvalue weighted by Gasteiger charge is 2.20. The van der Waals surface area contributed by atoms with Crippen LogP contribution >= 0.6 is 0 Å². The van der Waals surface area contributed by atoms with Gasteiger partial charge in [-0.05, 0) is 31.7 Å².